The molecule has 0 unspecified atom stereocenters. The lowest BCUT2D eigenvalue weighted by Crippen LogP contribution is -2.26. The summed E-state index contributed by atoms with van der Waals surface area (Å²) in [5, 5.41) is 13.3. The standard InChI is InChI=1S/C14H15BrN2O2/c1-14(2,13(18)19)9-10-3-5-11(6-4-10)17-12(15)7-8-16-17/h3-8H,9H2,1-2H3,(H,18,19). The quantitative estimate of drug-likeness (QED) is 0.939. The number of hydrogen-bond acceptors (Lipinski definition) is 2. The second kappa shape index (κ2) is 5.17. The van der Waals surface area contributed by atoms with Crippen LogP contribution in [0.2, 0.25) is 0 Å². The number of aliphatic carboxylic acids is 1. The topological polar surface area (TPSA) is 55.1 Å². The van der Waals surface area contributed by atoms with E-state index < -0.39 is 11.4 Å². The fraction of sp³-hybridized carbons (Fsp3) is 0.286. The molecule has 100 valence electrons. The van der Waals surface area contributed by atoms with Gasteiger partial charge in [-0.25, -0.2) is 4.68 Å². The van der Waals surface area contributed by atoms with Crippen LogP contribution in [-0.4, -0.2) is 20.9 Å². The van der Waals surface area contributed by atoms with Crippen molar-refractivity contribution in [2.45, 2.75) is 20.3 Å². The van der Waals surface area contributed by atoms with E-state index in [1.54, 1.807) is 24.7 Å². The van der Waals surface area contributed by atoms with Crippen LogP contribution in [0, 0.1) is 5.41 Å². The zero-order valence-electron chi connectivity index (χ0n) is 10.8. The van der Waals surface area contributed by atoms with Crippen LogP contribution < -0.4 is 0 Å². The van der Waals surface area contributed by atoms with Crippen LogP contribution in [-0.2, 0) is 11.2 Å². The molecule has 1 heterocycles. The summed E-state index contributed by atoms with van der Waals surface area (Å²) in [6.45, 7) is 3.46. The van der Waals surface area contributed by atoms with E-state index in [0.717, 1.165) is 15.9 Å². The lowest BCUT2D eigenvalue weighted by Gasteiger charge is -2.19. The second-order valence-electron chi connectivity index (χ2n) is 5.10. The molecule has 0 saturated heterocycles. The number of nitrogens with zero attached hydrogens (tertiary/aromatic N) is 2. The first-order chi connectivity index (χ1) is 8.90. The summed E-state index contributed by atoms with van der Waals surface area (Å²) in [7, 11) is 0. The van der Waals surface area contributed by atoms with E-state index in [9.17, 15) is 4.79 Å². The highest BCUT2D eigenvalue weighted by molar-refractivity contribution is 9.10. The van der Waals surface area contributed by atoms with Crippen LogP contribution in [0.25, 0.3) is 5.69 Å². The Bertz CT molecular complexity index is 588. The molecule has 0 radical (unpaired) electrons. The Morgan fingerprint density at radius 1 is 1.32 bits per heavy atom. The van der Waals surface area contributed by atoms with Crippen molar-refractivity contribution in [3.05, 3.63) is 46.7 Å². The molecule has 0 spiro atoms. The summed E-state index contributed by atoms with van der Waals surface area (Å²) in [6.07, 6.45) is 2.22. The number of carboxylic acid groups (broad SMARTS) is 1. The van der Waals surface area contributed by atoms with Gasteiger partial charge in [0.25, 0.3) is 0 Å². The minimum atomic E-state index is -0.786. The van der Waals surface area contributed by atoms with Gasteiger partial charge in [-0.15, -0.1) is 0 Å². The molecular weight excluding hydrogens is 308 g/mol. The first kappa shape index (κ1) is 13.8. The van der Waals surface area contributed by atoms with Gasteiger partial charge in [0, 0.05) is 0 Å². The van der Waals surface area contributed by atoms with Gasteiger partial charge in [-0.3, -0.25) is 4.79 Å². The van der Waals surface area contributed by atoms with Gasteiger partial charge in [0.15, 0.2) is 0 Å². The Hall–Kier alpha value is -1.62. The summed E-state index contributed by atoms with van der Waals surface area (Å²) in [4.78, 5) is 11.1. The predicted octanol–water partition coefficient (Wildman–Crippen LogP) is 3.29. The van der Waals surface area contributed by atoms with Gasteiger partial charge in [-0.2, -0.15) is 5.10 Å². The maximum absolute atomic E-state index is 11.1. The number of hydrogen-bond donors (Lipinski definition) is 1. The molecule has 5 heteroatoms. The number of benzene rings is 1. The smallest absolute Gasteiger partial charge is 0.309 e. The number of halogens is 1. The molecule has 19 heavy (non-hydrogen) atoms. The summed E-state index contributed by atoms with van der Waals surface area (Å²) in [5.41, 5.74) is 1.18. The molecule has 0 aliphatic carbocycles. The third kappa shape index (κ3) is 3.04. The summed E-state index contributed by atoms with van der Waals surface area (Å²) >= 11 is 3.41. The maximum Gasteiger partial charge on any atom is 0.309 e. The van der Waals surface area contributed by atoms with Crippen molar-refractivity contribution in [3.8, 4) is 5.69 Å². The number of carboxylic acids is 1. The fourth-order valence-corrected chi connectivity index (χ4v) is 2.23. The van der Waals surface area contributed by atoms with Crippen molar-refractivity contribution in [2.75, 3.05) is 0 Å². The van der Waals surface area contributed by atoms with Gasteiger partial charge in [0.05, 0.1) is 17.3 Å². The Balaban J connectivity index is 2.20. The van der Waals surface area contributed by atoms with Gasteiger partial charge in [-0.05, 0) is 60.0 Å². The molecule has 0 amide bonds. The fourth-order valence-electron chi connectivity index (χ4n) is 1.82. The Labute approximate surface area is 120 Å². The van der Waals surface area contributed by atoms with E-state index in [0.29, 0.717) is 6.42 Å². The number of carbonyl (C=O) groups is 1. The normalized spacial score (nSPS) is 11.5. The van der Waals surface area contributed by atoms with E-state index in [-0.39, 0.29) is 0 Å². The van der Waals surface area contributed by atoms with Crippen LogP contribution in [0.3, 0.4) is 0 Å². The van der Waals surface area contributed by atoms with Crippen LogP contribution in [0.15, 0.2) is 41.1 Å². The van der Waals surface area contributed by atoms with Crippen molar-refractivity contribution in [3.63, 3.8) is 0 Å². The maximum atomic E-state index is 11.1. The molecule has 0 fully saturated rings. The Kier molecular flexibility index (Phi) is 3.75. The SMILES string of the molecule is CC(C)(Cc1ccc(-n2nccc2Br)cc1)C(=O)O. The van der Waals surface area contributed by atoms with Gasteiger partial charge >= 0.3 is 5.97 Å². The highest BCUT2D eigenvalue weighted by Crippen LogP contribution is 2.23. The molecular formula is C14H15BrN2O2. The highest BCUT2D eigenvalue weighted by Gasteiger charge is 2.27. The van der Waals surface area contributed by atoms with Crippen molar-refractivity contribution in [2.24, 2.45) is 5.41 Å². The minimum absolute atomic E-state index is 0.503. The third-order valence-corrected chi connectivity index (χ3v) is 3.60. The lowest BCUT2D eigenvalue weighted by atomic mass is 9.86. The Morgan fingerprint density at radius 2 is 1.95 bits per heavy atom. The van der Waals surface area contributed by atoms with E-state index in [1.807, 2.05) is 30.3 Å². The lowest BCUT2D eigenvalue weighted by molar-refractivity contribution is -0.146. The van der Waals surface area contributed by atoms with E-state index in [1.165, 1.54) is 0 Å². The van der Waals surface area contributed by atoms with Gasteiger partial charge < -0.3 is 5.11 Å². The predicted molar refractivity (Wildman–Crippen MR) is 76.4 cm³/mol. The van der Waals surface area contributed by atoms with E-state index in [2.05, 4.69) is 21.0 Å². The van der Waals surface area contributed by atoms with E-state index >= 15 is 0 Å². The van der Waals surface area contributed by atoms with Crippen LogP contribution in [0.1, 0.15) is 19.4 Å². The molecule has 1 N–H and O–H groups in total. The molecule has 0 aliphatic heterocycles. The first-order valence-electron chi connectivity index (χ1n) is 5.92. The molecule has 0 bridgehead atoms. The molecule has 2 rings (SSSR count). The monoisotopic (exact) mass is 322 g/mol. The third-order valence-electron chi connectivity index (χ3n) is 3.00. The van der Waals surface area contributed by atoms with E-state index in [4.69, 9.17) is 5.11 Å². The average Bonchev–Trinajstić information content (AvgIpc) is 2.76. The van der Waals surface area contributed by atoms with Crippen molar-refractivity contribution >= 4 is 21.9 Å². The van der Waals surface area contributed by atoms with Gasteiger partial charge in [-0.1, -0.05) is 12.1 Å². The number of rotatable bonds is 4. The minimum Gasteiger partial charge on any atom is -0.481 e. The molecule has 2 aromatic rings. The molecule has 0 saturated carbocycles. The van der Waals surface area contributed by atoms with Gasteiger partial charge in [0.1, 0.15) is 4.60 Å². The zero-order chi connectivity index (χ0) is 14.0. The average molecular weight is 323 g/mol. The van der Waals surface area contributed by atoms with Crippen molar-refractivity contribution in [1.29, 1.82) is 0 Å². The van der Waals surface area contributed by atoms with Crippen molar-refractivity contribution in [1.82, 2.24) is 9.78 Å². The number of aromatic nitrogens is 2. The highest BCUT2D eigenvalue weighted by atomic mass is 79.9. The molecule has 1 aromatic heterocycles. The summed E-state index contributed by atoms with van der Waals surface area (Å²) in [5.74, 6) is -0.786. The Morgan fingerprint density at radius 3 is 2.42 bits per heavy atom. The largest absolute Gasteiger partial charge is 0.481 e. The van der Waals surface area contributed by atoms with Crippen LogP contribution >= 0.6 is 15.9 Å². The summed E-state index contributed by atoms with van der Waals surface area (Å²) in [6, 6.07) is 9.61. The van der Waals surface area contributed by atoms with Gasteiger partial charge in [0.2, 0.25) is 0 Å². The second-order valence-corrected chi connectivity index (χ2v) is 5.91. The molecule has 1 aromatic carbocycles. The molecule has 0 atom stereocenters. The molecule has 0 aliphatic rings. The first-order valence-corrected chi connectivity index (χ1v) is 6.72. The molecule has 4 nitrogen and oxygen atoms in total. The zero-order valence-corrected chi connectivity index (χ0v) is 12.4. The summed E-state index contributed by atoms with van der Waals surface area (Å²) < 4.78 is 2.65. The van der Waals surface area contributed by atoms with Crippen molar-refractivity contribution < 1.29 is 9.90 Å². The van der Waals surface area contributed by atoms with Crippen LogP contribution in [0.5, 0.6) is 0 Å². The van der Waals surface area contributed by atoms with Crippen LogP contribution in [0.4, 0.5) is 0 Å².